The maximum Gasteiger partial charge on any atom is 0.310 e. The van der Waals surface area contributed by atoms with Crippen LogP contribution in [-0.4, -0.2) is 49.7 Å². The Labute approximate surface area is 217 Å². The third-order valence-electron chi connectivity index (χ3n) is 6.61. The van der Waals surface area contributed by atoms with Gasteiger partial charge in [-0.1, -0.05) is 90.7 Å². The summed E-state index contributed by atoms with van der Waals surface area (Å²) in [6.07, 6.45) is 21.2. The predicted molar refractivity (Wildman–Crippen MR) is 147 cm³/mol. The Kier molecular flexibility index (Phi) is 21.0. The summed E-state index contributed by atoms with van der Waals surface area (Å²) in [5.74, 6) is -0.791. The van der Waals surface area contributed by atoms with Crippen LogP contribution in [0.25, 0.3) is 0 Å². The summed E-state index contributed by atoms with van der Waals surface area (Å²) >= 11 is 0. The zero-order valence-electron chi connectivity index (χ0n) is 24.2. The highest BCUT2D eigenvalue weighted by Gasteiger charge is 2.25. The van der Waals surface area contributed by atoms with Crippen LogP contribution in [0.4, 0.5) is 0 Å². The molecule has 0 bridgehead atoms. The Morgan fingerprint density at radius 3 is 1.57 bits per heavy atom. The van der Waals surface area contributed by atoms with Crippen molar-refractivity contribution in [1.29, 1.82) is 0 Å². The number of nitrogens with zero attached hydrogens (tertiary/aromatic N) is 1. The molecule has 0 heterocycles. The van der Waals surface area contributed by atoms with Crippen molar-refractivity contribution in [2.45, 2.75) is 137 Å². The van der Waals surface area contributed by atoms with Crippen molar-refractivity contribution >= 4 is 11.9 Å². The van der Waals surface area contributed by atoms with Gasteiger partial charge in [0.05, 0.1) is 11.8 Å². The van der Waals surface area contributed by atoms with Gasteiger partial charge in [-0.05, 0) is 60.0 Å². The molecule has 35 heavy (non-hydrogen) atoms. The summed E-state index contributed by atoms with van der Waals surface area (Å²) in [6.45, 7) is 10.3. The van der Waals surface area contributed by atoms with E-state index in [0.29, 0.717) is 6.54 Å². The molecule has 0 aromatic carbocycles. The monoisotopic (exact) mass is 495 g/mol. The number of hydrogen-bond acceptors (Lipinski definition) is 5. The van der Waals surface area contributed by atoms with Crippen molar-refractivity contribution in [1.82, 2.24) is 4.90 Å². The van der Waals surface area contributed by atoms with Crippen LogP contribution < -0.4 is 0 Å². The van der Waals surface area contributed by atoms with E-state index >= 15 is 0 Å². The van der Waals surface area contributed by atoms with Crippen molar-refractivity contribution in [3.8, 4) is 0 Å². The van der Waals surface area contributed by atoms with Crippen LogP contribution in [0.1, 0.15) is 125 Å². The first kappa shape index (κ1) is 33.6. The highest BCUT2D eigenvalue weighted by atomic mass is 16.6. The second-order valence-electron chi connectivity index (χ2n) is 10.7. The van der Waals surface area contributed by atoms with Gasteiger partial charge in [0.2, 0.25) is 0 Å². The van der Waals surface area contributed by atoms with E-state index in [1.54, 1.807) is 13.8 Å². The molecular formula is C30H57NO4. The minimum Gasteiger partial charge on any atom is -0.459 e. The molecule has 0 aliphatic rings. The van der Waals surface area contributed by atoms with Gasteiger partial charge in [-0.15, -0.1) is 0 Å². The molecule has 0 amide bonds. The minimum atomic E-state index is -0.455. The molecule has 0 radical (unpaired) electrons. The fourth-order valence-electron chi connectivity index (χ4n) is 4.05. The number of hydrogen-bond donors (Lipinski definition) is 0. The van der Waals surface area contributed by atoms with Crippen LogP contribution in [-0.2, 0) is 19.1 Å². The first-order valence-electron chi connectivity index (χ1n) is 14.4. The summed E-state index contributed by atoms with van der Waals surface area (Å²) in [5, 5.41) is 0. The van der Waals surface area contributed by atoms with Crippen molar-refractivity contribution in [3.63, 3.8) is 0 Å². The van der Waals surface area contributed by atoms with Crippen molar-refractivity contribution < 1.29 is 19.1 Å². The average Bonchev–Trinajstić information content (AvgIpc) is 2.80. The van der Waals surface area contributed by atoms with Crippen LogP contribution in [0.2, 0.25) is 0 Å². The molecule has 0 saturated carbocycles. The Hall–Kier alpha value is -1.36. The zero-order valence-corrected chi connectivity index (χ0v) is 24.2. The molecule has 5 heteroatoms. The zero-order chi connectivity index (χ0) is 26.5. The summed E-state index contributed by atoms with van der Waals surface area (Å²) in [7, 11) is 3.85. The standard InChI is InChI=1S/C30H57NO4/c1-8-9-10-11-12-13-14-15-16-17-18-19-20-21-22-23-25(2)29(32)34-27(4)28(5)35-30(33)26(3)24-31(6)7/h15-16,25-28H,8-14,17-24H2,1-7H3/b16-15+. The molecule has 0 aliphatic heterocycles. The maximum atomic E-state index is 12.4. The van der Waals surface area contributed by atoms with Gasteiger partial charge in [-0.25, -0.2) is 0 Å². The Bertz CT molecular complexity index is 561. The molecule has 0 aromatic heterocycles. The average molecular weight is 496 g/mol. The van der Waals surface area contributed by atoms with E-state index in [4.69, 9.17) is 9.47 Å². The van der Waals surface area contributed by atoms with Gasteiger partial charge in [0, 0.05) is 6.54 Å². The van der Waals surface area contributed by atoms with E-state index < -0.39 is 12.2 Å². The fourth-order valence-corrected chi connectivity index (χ4v) is 4.05. The van der Waals surface area contributed by atoms with Gasteiger partial charge in [0.25, 0.3) is 0 Å². The molecule has 0 saturated heterocycles. The largest absolute Gasteiger partial charge is 0.459 e. The van der Waals surface area contributed by atoms with E-state index in [-0.39, 0.29) is 23.8 Å². The van der Waals surface area contributed by atoms with Gasteiger partial charge < -0.3 is 14.4 Å². The number of ether oxygens (including phenoxy) is 2. The molecule has 0 spiro atoms. The number of carbonyl (C=O) groups is 2. The summed E-state index contributed by atoms with van der Waals surface area (Å²) < 4.78 is 11.1. The smallest absolute Gasteiger partial charge is 0.310 e. The van der Waals surface area contributed by atoms with Crippen molar-refractivity contribution in [2.24, 2.45) is 11.8 Å². The van der Waals surface area contributed by atoms with Crippen LogP contribution >= 0.6 is 0 Å². The lowest BCUT2D eigenvalue weighted by molar-refractivity contribution is -0.170. The normalized spacial score (nSPS) is 15.2. The van der Waals surface area contributed by atoms with E-state index in [1.165, 1.54) is 70.6 Å². The maximum absolute atomic E-state index is 12.4. The molecule has 0 aromatic rings. The van der Waals surface area contributed by atoms with Gasteiger partial charge in [-0.2, -0.15) is 0 Å². The topological polar surface area (TPSA) is 55.8 Å². The Balaban J connectivity index is 3.80. The number of rotatable bonds is 22. The quantitative estimate of drug-likeness (QED) is 0.0874. The van der Waals surface area contributed by atoms with Gasteiger partial charge in [-0.3, -0.25) is 9.59 Å². The van der Waals surface area contributed by atoms with Crippen molar-refractivity contribution in [3.05, 3.63) is 12.2 Å². The van der Waals surface area contributed by atoms with Gasteiger partial charge in [0.1, 0.15) is 12.2 Å². The lowest BCUT2D eigenvalue weighted by Crippen LogP contribution is -2.35. The lowest BCUT2D eigenvalue weighted by Gasteiger charge is -2.24. The minimum absolute atomic E-state index is 0.127. The van der Waals surface area contributed by atoms with E-state index in [2.05, 4.69) is 19.1 Å². The molecule has 0 aliphatic carbocycles. The number of esters is 2. The van der Waals surface area contributed by atoms with Gasteiger partial charge >= 0.3 is 11.9 Å². The molecule has 4 atom stereocenters. The molecule has 0 rings (SSSR count). The molecule has 5 nitrogen and oxygen atoms in total. The third kappa shape index (κ3) is 19.5. The van der Waals surface area contributed by atoms with Crippen LogP contribution in [0.15, 0.2) is 12.2 Å². The van der Waals surface area contributed by atoms with E-state index in [9.17, 15) is 9.59 Å². The number of unbranched alkanes of at least 4 members (excludes halogenated alkanes) is 11. The molecule has 206 valence electrons. The molecular weight excluding hydrogens is 438 g/mol. The summed E-state index contributed by atoms with van der Waals surface area (Å²) in [5.41, 5.74) is 0. The Morgan fingerprint density at radius 2 is 1.09 bits per heavy atom. The van der Waals surface area contributed by atoms with Crippen LogP contribution in [0.5, 0.6) is 0 Å². The Morgan fingerprint density at radius 1 is 0.657 bits per heavy atom. The number of allylic oxidation sites excluding steroid dienone is 2. The third-order valence-corrected chi connectivity index (χ3v) is 6.61. The first-order valence-corrected chi connectivity index (χ1v) is 14.4. The molecule has 0 N–H and O–H groups in total. The highest BCUT2D eigenvalue weighted by Crippen LogP contribution is 2.16. The molecule has 4 unspecified atom stereocenters. The first-order chi connectivity index (χ1) is 16.7. The van der Waals surface area contributed by atoms with Crippen LogP contribution in [0.3, 0.4) is 0 Å². The fraction of sp³-hybridized carbons (Fsp3) is 0.867. The van der Waals surface area contributed by atoms with Crippen molar-refractivity contribution in [2.75, 3.05) is 20.6 Å². The van der Waals surface area contributed by atoms with E-state index in [0.717, 1.165) is 19.3 Å². The SMILES string of the molecule is CCCCCCCC/C=C/CCCCCCCC(C)C(=O)OC(C)C(C)OC(=O)C(C)CN(C)C. The number of carbonyl (C=O) groups excluding carboxylic acids is 2. The van der Waals surface area contributed by atoms with Gasteiger partial charge in [0.15, 0.2) is 0 Å². The summed E-state index contributed by atoms with van der Waals surface area (Å²) in [4.78, 5) is 26.6. The highest BCUT2D eigenvalue weighted by molar-refractivity contribution is 5.73. The second kappa shape index (κ2) is 21.9. The summed E-state index contributed by atoms with van der Waals surface area (Å²) in [6, 6.07) is 0. The lowest BCUT2D eigenvalue weighted by atomic mass is 10.0. The van der Waals surface area contributed by atoms with Crippen LogP contribution in [0, 0.1) is 11.8 Å². The van der Waals surface area contributed by atoms with E-state index in [1.807, 2.05) is 32.8 Å². The molecule has 0 fully saturated rings. The second-order valence-corrected chi connectivity index (χ2v) is 10.7. The predicted octanol–water partition coefficient (Wildman–Crippen LogP) is 7.72.